The van der Waals surface area contributed by atoms with Crippen molar-refractivity contribution in [1.82, 2.24) is 4.90 Å². The zero-order chi connectivity index (χ0) is 13.2. The Labute approximate surface area is 112 Å². The summed E-state index contributed by atoms with van der Waals surface area (Å²) in [6.07, 6.45) is 0. The van der Waals surface area contributed by atoms with Gasteiger partial charge >= 0.3 is 0 Å². The van der Waals surface area contributed by atoms with Crippen LogP contribution in [0.5, 0.6) is 11.5 Å². The van der Waals surface area contributed by atoms with Gasteiger partial charge in [0.25, 0.3) is 0 Å². The maximum Gasteiger partial charge on any atom is 0.219 e. The first-order valence-electron chi connectivity index (χ1n) is 6.64. The molecule has 5 heteroatoms. The number of amides is 1. The van der Waals surface area contributed by atoms with E-state index in [-0.39, 0.29) is 5.91 Å². The fraction of sp³-hybridized carbons (Fsp3) is 0.500. The van der Waals surface area contributed by atoms with Gasteiger partial charge in [0.1, 0.15) is 13.2 Å². The molecule has 1 saturated heterocycles. The molecule has 2 aliphatic heterocycles. The molecule has 0 aliphatic carbocycles. The van der Waals surface area contributed by atoms with Crippen LogP contribution in [-0.2, 0) is 4.79 Å². The highest BCUT2D eigenvalue weighted by Gasteiger charge is 2.20. The van der Waals surface area contributed by atoms with E-state index in [0.29, 0.717) is 13.2 Å². The average molecular weight is 262 g/mol. The van der Waals surface area contributed by atoms with Crippen LogP contribution in [0.4, 0.5) is 5.69 Å². The molecular weight excluding hydrogens is 244 g/mol. The van der Waals surface area contributed by atoms with E-state index in [0.717, 1.165) is 43.4 Å². The fourth-order valence-electron chi connectivity index (χ4n) is 2.51. The normalized spacial score (nSPS) is 18.4. The molecule has 5 nitrogen and oxygen atoms in total. The van der Waals surface area contributed by atoms with Crippen molar-refractivity contribution in [2.45, 2.75) is 6.92 Å². The lowest BCUT2D eigenvalue weighted by atomic mass is 10.2. The lowest BCUT2D eigenvalue weighted by Crippen LogP contribution is -2.48. The Balaban J connectivity index is 1.71. The first-order chi connectivity index (χ1) is 9.24. The third-order valence-corrected chi connectivity index (χ3v) is 3.62. The monoisotopic (exact) mass is 262 g/mol. The van der Waals surface area contributed by atoms with Crippen LogP contribution in [0.15, 0.2) is 18.2 Å². The molecule has 1 aromatic carbocycles. The Kier molecular flexibility index (Phi) is 3.19. The summed E-state index contributed by atoms with van der Waals surface area (Å²) in [5.41, 5.74) is 1.13. The molecule has 1 fully saturated rings. The highest BCUT2D eigenvalue weighted by molar-refractivity contribution is 5.73. The number of nitrogens with zero attached hydrogens (tertiary/aromatic N) is 2. The van der Waals surface area contributed by atoms with E-state index >= 15 is 0 Å². The number of fused-ring (bicyclic) bond motifs is 1. The zero-order valence-electron chi connectivity index (χ0n) is 11.1. The zero-order valence-corrected chi connectivity index (χ0v) is 11.1. The van der Waals surface area contributed by atoms with Crippen molar-refractivity contribution < 1.29 is 14.3 Å². The maximum atomic E-state index is 11.3. The van der Waals surface area contributed by atoms with E-state index in [1.165, 1.54) is 0 Å². The first kappa shape index (κ1) is 12.1. The minimum atomic E-state index is 0.154. The van der Waals surface area contributed by atoms with Crippen LogP contribution in [0.1, 0.15) is 6.92 Å². The summed E-state index contributed by atoms with van der Waals surface area (Å²) in [5, 5.41) is 0. The molecule has 0 unspecified atom stereocenters. The van der Waals surface area contributed by atoms with Gasteiger partial charge in [-0.3, -0.25) is 4.79 Å². The molecule has 1 aromatic rings. The topological polar surface area (TPSA) is 42.0 Å². The average Bonchev–Trinajstić information content (AvgIpc) is 2.47. The smallest absolute Gasteiger partial charge is 0.219 e. The van der Waals surface area contributed by atoms with E-state index < -0.39 is 0 Å². The van der Waals surface area contributed by atoms with E-state index in [1.54, 1.807) is 6.92 Å². The molecule has 0 atom stereocenters. The molecular formula is C14H18N2O3. The predicted octanol–water partition coefficient (Wildman–Crippen LogP) is 1.13. The number of hydrogen-bond acceptors (Lipinski definition) is 4. The number of piperazine rings is 1. The second-order valence-corrected chi connectivity index (χ2v) is 4.82. The van der Waals surface area contributed by atoms with E-state index in [2.05, 4.69) is 11.0 Å². The SMILES string of the molecule is CC(=O)N1CCN(c2ccc3c(c2)OCCO3)CC1. The third-order valence-electron chi connectivity index (χ3n) is 3.62. The van der Waals surface area contributed by atoms with Gasteiger partial charge in [0.2, 0.25) is 5.91 Å². The molecule has 2 aliphatic rings. The van der Waals surface area contributed by atoms with Gasteiger partial charge < -0.3 is 19.3 Å². The molecule has 19 heavy (non-hydrogen) atoms. The summed E-state index contributed by atoms with van der Waals surface area (Å²) in [4.78, 5) is 15.5. The number of carbonyl (C=O) groups is 1. The van der Waals surface area contributed by atoms with Crippen molar-refractivity contribution >= 4 is 11.6 Å². The van der Waals surface area contributed by atoms with Gasteiger partial charge in [-0.1, -0.05) is 0 Å². The van der Waals surface area contributed by atoms with E-state index in [4.69, 9.17) is 9.47 Å². The van der Waals surface area contributed by atoms with Crippen molar-refractivity contribution in [3.05, 3.63) is 18.2 Å². The number of rotatable bonds is 1. The molecule has 1 amide bonds. The summed E-state index contributed by atoms with van der Waals surface area (Å²) in [7, 11) is 0. The van der Waals surface area contributed by atoms with Crippen molar-refractivity contribution in [2.24, 2.45) is 0 Å². The van der Waals surface area contributed by atoms with Crippen LogP contribution in [0.25, 0.3) is 0 Å². The minimum absolute atomic E-state index is 0.154. The number of hydrogen-bond donors (Lipinski definition) is 0. The maximum absolute atomic E-state index is 11.3. The number of benzene rings is 1. The Morgan fingerprint density at radius 1 is 1.05 bits per heavy atom. The fourth-order valence-corrected chi connectivity index (χ4v) is 2.51. The Bertz CT molecular complexity index is 482. The Morgan fingerprint density at radius 3 is 2.42 bits per heavy atom. The lowest BCUT2D eigenvalue weighted by molar-refractivity contribution is -0.129. The van der Waals surface area contributed by atoms with Gasteiger partial charge in [0.15, 0.2) is 11.5 Å². The number of anilines is 1. The molecule has 102 valence electrons. The standard InChI is InChI=1S/C14H18N2O3/c1-11(17)15-4-6-16(7-5-15)12-2-3-13-14(10-12)19-9-8-18-13/h2-3,10H,4-9H2,1H3. The van der Waals surface area contributed by atoms with E-state index in [1.807, 2.05) is 17.0 Å². The molecule has 0 bridgehead atoms. The Hall–Kier alpha value is -1.91. The summed E-state index contributed by atoms with van der Waals surface area (Å²) < 4.78 is 11.1. The van der Waals surface area contributed by atoms with Crippen molar-refractivity contribution in [2.75, 3.05) is 44.3 Å². The Morgan fingerprint density at radius 2 is 1.74 bits per heavy atom. The minimum Gasteiger partial charge on any atom is -0.486 e. The first-order valence-corrected chi connectivity index (χ1v) is 6.64. The molecule has 3 rings (SSSR count). The summed E-state index contributed by atoms with van der Waals surface area (Å²) in [5.74, 6) is 1.79. The third kappa shape index (κ3) is 2.45. The van der Waals surface area contributed by atoms with Gasteiger partial charge in [-0.05, 0) is 12.1 Å². The van der Waals surface area contributed by atoms with Crippen LogP contribution in [0.3, 0.4) is 0 Å². The quantitative estimate of drug-likeness (QED) is 0.761. The van der Waals surface area contributed by atoms with Gasteiger partial charge in [-0.15, -0.1) is 0 Å². The van der Waals surface area contributed by atoms with Crippen LogP contribution in [0, 0.1) is 0 Å². The molecule has 0 spiro atoms. The molecule has 0 radical (unpaired) electrons. The van der Waals surface area contributed by atoms with Gasteiger partial charge in [-0.25, -0.2) is 0 Å². The summed E-state index contributed by atoms with van der Waals surface area (Å²) in [6.45, 7) is 6.13. The van der Waals surface area contributed by atoms with Crippen LogP contribution in [-0.4, -0.2) is 50.2 Å². The molecule has 0 N–H and O–H groups in total. The molecule has 0 aromatic heterocycles. The van der Waals surface area contributed by atoms with Crippen molar-refractivity contribution in [3.8, 4) is 11.5 Å². The van der Waals surface area contributed by atoms with Crippen molar-refractivity contribution in [3.63, 3.8) is 0 Å². The second-order valence-electron chi connectivity index (χ2n) is 4.82. The van der Waals surface area contributed by atoms with Gasteiger partial charge in [0.05, 0.1) is 0 Å². The van der Waals surface area contributed by atoms with E-state index in [9.17, 15) is 4.79 Å². The predicted molar refractivity (Wildman–Crippen MR) is 71.9 cm³/mol. The second kappa shape index (κ2) is 4.99. The summed E-state index contributed by atoms with van der Waals surface area (Å²) >= 11 is 0. The van der Waals surface area contributed by atoms with Crippen LogP contribution < -0.4 is 14.4 Å². The number of carbonyl (C=O) groups excluding carboxylic acids is 1. The number of ether oxygens (including phenoxy) is 2. The largest absolute Gasteiger partial charge is 0.486 e. The lowest BCUT2D eigenvalue weighted by Gasteiger charge is -2.36. The van der Waals surface area contributed by atoms with Crippen LogP contribution in [0.2, 0.25) is 0 Å². The highest BCUT2D eigenvalue weighted by Crippen LogP contribution is 2.34. The van der Waals surface area contributed by atoms with Crippen molar-refractivity contribution in [1.29, 1.82) is 0 Å². The summed E-state index contributed by atoms with van der Waals surface area (Å²) in [6, 6.07) is 6.04. The molecule has 2 heterocycles. The molecule has 0 saturated carbocycles. The highest BCUT2D eigenvalue weighted by atomic mass is 16.6. The van der Waals surface area contributed by atoms with Crippen LogP contribution >= 0.6 is 0 Å². The van der Waals surface area contributed by atoms with Gasteiger partial charge in [-0.2, -0.15) is 0 Å². The van der Waals surface area contributed by atoms with Gasteiger partial charge in [0, 0.05) is 44.9 Å².